The van der Waals surface area contributed by atoms with Crippen LogP contribution in [0.5, 0.6) is 0 Å². The van der Waals surface area contributed by atoms with Gasteiger partial charge in [-0.3, -0.25) is 9.36 Å². The maximum Gasteiger partial charge on any atom is 0.220 e. The first-order valence-corrected chi connectivity index (χ1v) is 13.7. The Morgan fingerprint density at radius 1 is 0.944 bits per heavy atom. The lowest BCUT2D eigenvalue weighted by molar-refractivity contribution is -0.121. The molecule has 0 radical (unpaired) electrons. The zero-order valence-electron chi connectivity index (χ0n) is 20.0. The second-order valence-corrected chi connectivity index (χ2v) is 10.4. The molecule has 5 nitrogen and oxygen atoms in total. The molecule has 0 aliphatic heterocycles. The smallest absolute Gasteiger partial charge is 0.220 e. The molecule has 1 atom stereocenters. The normalized spacial score (nSPS) is 11.9. The van der Waals surface area contributed by atoms with E-state index in [0.29, 0.717) is 22.9 Å². The van der Waals surface area contributed by atoms with Gasteiger partial charge in [0.25, 0.3) is 0 Å². The molecule has 4 rings (SSSR count). The first kappa shape index (κ1) is 26.3. The lowest BCUT2D eigenvalue weighted by Gasteiger charge is -2.14. The summed E-state index contributed by atoms with van der Waals surface area (Å²) in [5.41, 5.74) is 3.13. The summed E-state index contributed by atoms with van der Waals surface area (Å²) in [6.07, 6.45) is 2.84. The Morgan fingerprint density at radius 2 is 1.67 bits per heavy atom. The number of hydrogen-bond donors (Lipinski definition) is 1. The van der Waals surface area contributed by atoms with Gasteiger partial charge >= 0.3 is 0 Å². The topological polar surface area (TPSA) is 59.8 Å². The van der Waals surface area contributed by atoms with Crippen molar-refractivity contribution >= 4 is 40.9 Å². The first-order valence-electron chi connectivity index (χ1n) is 11.9. The highest BCUT2D eigenvalue weighted by atomic mass is 35.5. The van der Waals surface area contributed by atoms with Gasteiger partial charge in [-0.1, -0.05) is 95.6 Å². The van der Waals surface area contributed by atoms with E-state index >= 15 is 0 Å². The fourth-order valence-electron chi connectivity index (χ4n) is 3.86. The molecule has 3 aromatic carbocycles. The second kappa shape index (κ2) is 12.9. The van der Waals surface area contributed by atoms with Crippen molar-refractivity contribution in [1.82, 2.24) is 20.1 Å². The van der Waals surface area contributed by atoms with Crippen LogP contribution in [0, 0.1) is 0 Å². The Bertz CT molecular complexity index is 1280. The van der Waals surface area contributed by atoms with Crippen molar-refractivity contribution in [1.29, 1.82) is 0 Å². The largest absolute Gasteiger partial charge is 0.350 e. The number of carbonyl (C=O) groups excluding carboxylic acids is 1. The van der Waals surface area contributed by atoms with Crippen molar-refractivity contribution in [2.45, 2.75) is 43.8 Å². The molecule has 1 amide bonds. The Labute approximate surface area is 226 Å². The van der Waals surface area contributed by atoms with Gasteiger partial charge in [0.05, 0.1) is 21.8 Å². The molecule has 0 bridgehead atoms. The van der Waals surface area contributed by atoms with Crippen molar-refractivity contribution in [2.24, 2.45) is 0 Å². The summed E-state index contributed by atoms with van der Waals surface area (Å²) in [6.45, 7) is 2.01. The Balaban J connectivity index is 1.36. The van der Waals surface area contributed by atoms with E-state index in [0.717, 1.165) is 46.4 Å². The summed E-state index contributed by atoms with van der Waals surface area (Å²) in [5, 5.41) is 13.8. The van der Waals surface area contributed by atoms with Gasteiger partial charge in [0.15, 0.2) is 5.16 Å². The van der Waals surface area contributed by atoms with Crippen LogP contribution in [0.15, 0.2) is 84.0 Å². The summed E-state index contributed by atoms with van der Waals surface area (Å²) in [7, 11) is 0. The fourth-order valence-corrected chi connectivity index (χ4v) is 5.12. The maximum absolute atomic E-state index is 12.4. The van der Waals surface area contributed by atoms with E-state index in [-0.39, 0.29) is 11.9 Å². The number of carbonyl (C=O) groups is 1. The minimum Gasteiger partial charge on any atom is -0.350 e. The van der Waals surface area contributed by atoms with Crippen LogP contribution in [-0.4, -0.2) is 26.4 Å². The maximum atomic E-state index is 12.4. The minimum atomic E-state index is 0.000798. The van der Waals surface area contributed by atoms with Gasteiger partial charge in [-0.05, 0) is 49.1 Å². The fraction of sp³-hybridized carbons (Fsp3) is 0.250. The van der Waals surface area contributed by atoms with Crippen LogP contribution in [0.25, 0.3) is 5.69 Å². The van der Waals surface area contributed by atoms with E-state index < -0.39 is 0 Å². The number of unbranched alkanes of at least 4 members (excludes halogenated alkanes) is 1. The highest BCUT2D eigenvalue weighted by molar-refractivity contribution is 7.99. The summed E-state index contributed by atoms with van der Waals surface area (Å²) in [6, 6.07) is 25.7. The van der Waals surface area contributed by atoms with Crippen molar-refractivity contribution in [3.63, 3.8) is 0 Å². The molecular weight excluding hydrogens is 511 g/mol. The zero-order chi connectivity index (χ0) is 25.3. The van der Waals surface area contributed by atoms with E-state index in [1.54, 1.807) is 17.8 Å². The van der Waals surface area contributed by atoms with E-state index in [2.05, 4.69) is 27.6 Å². The van der Waals surface area contributed by atoms with Gasteiger partial charge in [-0.2, -0.15) is 0 Å². The number of halogens is 2. The predicted molar refractivity (Wildman–Crippen MR) is 148 cm³/mol. The van der Waals surface area contributed by atoms with Gasteiger partial charge in [-0.25, -0.2) is 0 Å². The number of rotatable bonds is 11. The van der Waals surface area contributed by atoms with Crippen LogP contribution in [0.4, 0.5) is 0 Å². The SMILES string of the molecule is CC(NC(=O)CCCCSc1nnc(Cc2ccccc2)n1-c1ccc(Cl)c(Cl)c1)c1ccccc1. The van der Waals surface area contributed by atoms with Crippen LogP contribution >= 0.6 is 35.0 Å². The Hall–Kier alpha value is -2.80. The molecule has 4 aromatic rings. The van der Waals surface area contributed by atoms with Crippen LogP contribution in [0.3, 0.4) is 0 Å². The lowest BCUT2D eigenvalue weighted by atomic mass is 10.1. The van der Waals surface area contributed by atoms with Crippen molar-refractivity contribution < 1.29 is 4.79 Å². The number of nitrogens with zero attached hydrogens (tertiary/aromatic N) is 3. The van der Waals surface area contributed by atoms with Crippen molar-refractivity contribution in [3.05, 3.63) is 106 Å². The number of amides is 1. The zero-order valence-corrected chi connectivity index (χ0v) is 22.4. The third-order valence-corrected chi connectivity index (χ3v) is 7.53. The molecular formula is C28H28Cl2N4OS. The van der Waals surface area contributed by atoms with Gasteiger partial charge in [0.2, 0.25) is 5.91 Å². The summed E-state index contributed by atoms with van der Waals surface area (Å²) >= 11 is 14.1. The quantitative estimate of drug-likeness (QED) is 0.160. The first-order chi connectivity index (χ1) is 17.5. The molecule has 0 saturated carbocycles. The number of benzene rings is 3. The van der Waals surface area contributed by atoms with Crippen LogP contribution in [-0.2, 0) is 11.2 Å². The molecule has 1 aromatic heterocycles. The number of hydrogen-bond acceptors (Lipinski definition) is 4. The van der Waals surface area contributed by atoms with Gasteiger partial charge in [0.1, 0.15) is 5.82 Å². The monoisotopic (exact) mass is 538 g/mol. The molecule has 0 fully saturated rings. The van der Waals surface area contributed by atoms with Gasteiger partial charge < -0.3 is 5.32 Å². The average molecular weight is 540 g/mol. The average Bonchev–Trinajstić information content (AvgIpc) is 3.28. The van der Waals surface area contributed by atoms with E-state index in [9.17, 15) is 4.79 Å². The molecule has 1 heterocycles. The third kappa shape index (κ3) is 7.12. The molecule has 186 valence electrons. The van der Waals surface area contributed by atoms with E-state index in [1.165, 1.54) is 0 Å². The number of aromatic nitrogens is 3. The van der Waals surface area contributed by atoms with Crippen molar-refractivity contribution in [3.8, 4) is 5.69 Å². The summed E-state index contributed by atoms with van der Waals surface area (Å²) < 4.78 is 2.04. The summed E-state index contributed by atoms with van der Waals surface area (Å²) in [5.74, 6) is 1.73. The summed E-state index contributed by atoms with van der Waals surface area (Å²) in [4.78, 5) is 12.4. The highest BCUT2D eigenvalue weighted by Crippen LogP contribution is 2.29. The number of nitrogens with one attached hydrogen (secondary N) is 1. The van der Waals surface area contributed by atoms with E-state index in [1.807, 2.05) is 72.2 Å². The van der Waals surface area contributed by atoms with E-state index in [4.69, 9.17) is 23.2 Å². The predicted octanol–water partition coefficient (Wildman–Crippen LogP) is 7.30. The Morgan fingerprint density at radius 3 is 2.39 bits per heavy atom. The highest BCUT2D eigenvalue weighted by Gasteiger charge is 2.16. The molecule has 8 heteroatoms. The lowest BCUT2D eigenvalue weighted by Crippen LogP contribution is -2.26. The molecule has 0 spiro atoms. The molecule has 1 N–H and O–H groups in total. The van der Waals surface area contributed by atoms with Crippen LogP contribution < -0.4 is 5.32 Å². The van der Waals surface area contributed by atoms with Crippen molar-refractivity contribution in [2.75, 3.05) is 5.75 Å². The molecule has 0 aliphatic rings. The minimum absolute atomic E-state index is 0.000798. The third-order valence-electron chi connectivity index (χ3n) is 5.77. The van der Waals surface area contributed by atoms with Gasteiger partial charge in [-0.15, -0.1) is 10.2 Å². The molecule has 36 heavy (non-hydrogen) atoms. The molecule has 0 saturated heterocycles. The number of thioether (sulfide) groups is 1. The van der Waals surface area contributed by atoms with Crippen LogP contribution in [0.1, 0.15) is 49.2 Å². The van der Waals surface area contributed by atoms with Crippen LogP contribution in [0.2, 0.25) is 10.0 Å². The van der Waals surface area contributed by atoms with Gasteiger partial charge in [0, 0.05) is 18.6 Å². The second-order valence-electron chi connectivity index (χ2n) is 8.50. The molecule has 1 unspecified atom stereocenters. The standard InChI is InChI=1S/C28H28Cl2N4OS/c1-20(22-12-6-3-7-13-22)31-27(35)14-8-9-17-36-28-33-32-26(18-21-10-4-2-5-11-21)34(28)23-15-16-24(29)25(30)19-23/h2-7,10-13,15-16,19-20H,8-9,14,17-18H2,1H3,(H,31,35). The molecule has 0 aliphatic carbocycles. The Kier molecular flexibility index (Phi) is 9.45.